The summed E-state index contributed by atoms with van der Waals surface area (Å²) in [5.74, 6) is 1.09. The average molecular weight is 368 g/mol. The number of rotatable bonds is 7. The summed E-state index contributed by atoms with van der Waals surface area (Å²) in [5, 5.41) is 12.5. The van der Waals surface area contributed by atoms with Gasteiger partial charge in [0.05, 0.1) is 24.4 Å². The van der Waals surface area contributed by atoms with Crippen LogP contribution < -0.4 is 10.1 Å². The molecule has 5 nitrogen and oxygen atoms in total. The Balaban J connectivity index is 1.77. The van der Waals surface area contributed by atoms with Gasteiger partial charge in [-0.1, -0.05) is 6.07 Å². The summed E-state index contributed by atoms with van der Waals surface area (Å²) in [6, 6.07) is 9.09. The molecule has 0 aliphatic heterocycles. The molecule has 1 aromatic carbocycles. The van der Waals surface area contributed by atoms with E-state index in [2.05, 4.69) is 21.2 Å². The van der Waals surface area contributed by atoms with Gasteiger partial charge in [0.25, 0.3) is 0 Å². The number of ether oxygens (including phenoxy) is 1. The number of aliphatic hydroxyl groups excluding tert-OH is 1. The molecule has 2 N–H and O–H groups in total. The molecule has 1 atom stereocenters. The lowest BCUT2D eigenvalue weighted by Crippen LogP contribution is -2.28. The molecule has 1 heterocycles. The van der Waals surface area contributed by atoms with Crippen molar-refractivity contribution >= 4 is 21.8 Å². The third-order valence-corrected chi connectivity index (χ3v) is 3.84. The number of carbonyl (C=O) groups excluding carboxylic acids is 1. The first-order valence-electron chi connectivity index (χ1n) is 6.90. The highest BCUT2D eigenvalue weighted by molar-refractivity contribution is 9.10. The topological polar surface area (TPSA) is 71.7 Å². The van der Waals surface area contributed by atoms with Gasteiger partial charge in [0, 0.05) is 6.42 Å². The largest absolute Gasteiger partial charge is 0.496 e. The number of halogens is 1. The Hall–Kier alpha value is -1.79. The fraction of sp³-hybridized carbons (Fsp3) is 0.312. The highest BCUT2D eigenvalue weighted by Gasteiger charge is 2.12. The Labute approximate surface area is 137 Å². The molecule has 22 heavy (non-hydrogen) atoms. The van der Waals surface area contributed by atoms with Crippen LogP contribution in [0.3, 0.4) is 0 Å². The molecular weight excluding hydrogens is 350 g/mol. The van der Waals surface area contributed by atoms with Gasteiger partial charge in [0.2, 0.25) is 5.91 Å². The van der Waals surface area contributed by atoms with Crippen molar-refractivity contribution in [3.05, 3.63) is 52.4 Å². The number of carbonyl (C=O) groups is 1. The third kappa shape index (κ3) is 4.61. The normalized spacial score (nSPS) is 12.0. The van der Waals surface area contributed by atoms with Crippen molar-refractivity contribution < 1.29 is 19.1 Å². The van der Waals surface area contributed by atoms with Gasteiger partial charge in [-0.25, -0.2) is 0 Å². The Bertz CT molecular complexity index is 613. The van der Waals surface area contributed by atoms with Crippen LogP contribution in [0.1, 0.15) is 23.8 Å². The first-order valence-corrected chi connectivity index (χ1v) is 7.70. The number of hydrogen-bond acceptors (Lipinski definition) is 4. The number of hydrogen-bond donors (Lipinski definition) is 2. The van der Waals surface area contributed by atoms with E-state index in [1.807, 2.05) is 18.2 Å². The fourth-order valence-corrected chi connectivity index (χ4v) is 2.59. The molecule has 0 fully saturated rings. The van der Waals surface area contributed by atoms with Crippen molar-refractivity contribution in [3.8, 4) is 5.75 Å². The molecule has 2 aromatic rings. The first-order chi connectivity index (χ1) is 10.6. The highest BCUT2D eigenvalue weighted by atomic mass is 79.9. The number of amides is 1. The van der Waals surface area contributed by atoms with Crippen LogP contribution in [0.5, 0.6) is 5.75 Å². The molecule has 1 aromatic heterocycles. The molecular formula is C16H18BrNO4. The maximum absolute atomic E-state index is 11.8. The molecule has 2 rings (SSSR count). The van der Waals surface area contributed by atoms with Crippen LogP contribution in [0, 0.1) is 0 Å². The van der Waals surface area contributed by atoms with E-state index in [0.29, 0.717) is 18.6 Å². The van der Waals surface area contributed by atoms with Crippen LogP contribution in [0.15, 0.2) is 45.5 Å². The van der Waals surface area contributed by atoms with Gasteiger partial charge in [0.1, 0.15) is 17.6 Å². The zero-order valence-corrected chi connectivity index (χ0v) is 13.8. The molecule has 0 aliphatic carbocycles. The number of nitrogens with one attached hydrogen (secondary N) is 1. The summed E-state index contributed by atoms with van der Waals surface area (Å²) in [5.41, 5.74) is 1.04. The monoisotopic (exact) mass is 367 g/mol. The first kappa shape index (κ1) is 16.6. The van der Waals surface area contributed by atoms with E-state index < -0.39 is 6.10 Å². The summed E-state index contributed by atoms with van der Waals surface area (Å²) in [6.07, 6.45) is 1.63. The molecule has 6 heteroatoms. The molecule has 0 bridgehead atoms. The number of furan rings is 1. The van der Waals surface area contributed by atoms with Gasteiger partial charge >= 0.3 is 0 Å². The van der Waals surface area contributed by atoms with E-state index in [1.165, 1.54) is 6.26 Å². The van der Waals surface area contributed by atoms with Crippen LogP contribution in [0.2, 0.25) is 0 Å². The zero-order valence-electron chi connectivity index (χ0n) is 12.2. The average Bonchev–Trinajstić information content (AvgIpc) is 3.05. The van der Waals surface area contributed by atoms with Crippen molar-refractivity contribution in [1.29, 1.82) is 0 Å². The van der Waals surface area contributed by atoms with E-state index in [9.17, 15) is 9.90 Å². The van der Waals surface area contributed by atoms with Crippen molar-refractivity contribution in [3.63, 3.8) is 0 Å². The van der Waals surface area contributed by atoms with Crippen LogP contribution in [0.25, 0.3) is 0 Å². The minimum absolute atomic E-state index is 0.113. The standard InChI is InChI=1S/C16H18BrNO4/c1-21-14-6-4-11(9-12(14)17)5-7-16(20)18-10-13(19)15-3-2-8-22-15/h2-4,6,8-9,13,19H,5,7,10H2,1H3,(H,18,20). The minimum Gasteiger partial charge on any atom is -0.496 e. The van der Waals surface area contributed by atoms with Crippen LogP contribution in [0.4, 0.5) is 0 Å². The minimum atomic E-state index is -0.825. The lowest BCUT2D eigenvalue weighted by Gasteiger charge is -2.10. The Morgan fingerprint density at radius 3 is 2.91 bits per heavy atom. The molecule has 0 radical (unpaired) electrons. The van der Waals surface area contributed by atoms with Gasteiger partial charge in [0.15, 0.2) is 0 Å². The summed E-state index contributed by atoms with van der Waals surface area (Å²) in [7, 11) is 1.61. The smallest absolute Gasteiger partial charge is 0.220 e. The molecule has 0 spiro atoms. The predicted octanol–water partition coefficient (Wildman–Crippen LogP) is 2.83. The molecule has 1 unspecified atom stereocenters. The van der Waals surface area contributed by atoms with Crippen LogP contribution in [-0.2, 0) is 11.2 Å². The highest BCUT2D eigenvalue weighted by Crippen LogP contribution is 2.25. The van der Waals surface area contributed by atoms with Crippen molar-refractivity contribution in [2.45, 2.75) is 18.9 Å². The van der Waals surface area contributed by atoms with Gasteiger partial charge in [-0.2, -0.15) is 0 Å². The summed E-state index contributed by atoms with van der Waals surface area (Å²) in [4.78, 5) is 11.8. The zero-order chi connectivity index (χ0) is 15.9. The van der Waals surface area contributed by atoms with Crippen LogP contribution >= 0.6 is 15.9 Å². The maximum atomic E-state index is 11.8. The second kappa shape index (κ2) is 8.00. The van der Waals surface area contributed by atoms with Gasteiger partial charge < -0.3 is 19.6 Å². The Morgan fingerprint density at radius 1 is 1.45 bits per heavy atom. The number of methoxy groups -OCH3 is 1. The van der Waals surface area contributed by atoms with E-state index in [-0.39, 0.29) is 12.5 Å². The van der Waals surface area contributed by atoms with Gasteiger partial charge in [-0.15, -0.1) is 0 Å². The predicted molar refractivity (Wildman–Crippen MR) is 85.7 cm³/mol. The number of benzene rings is 1. The molecule has 1 amide bonds. The lowest BCUT2D eigenvalue weighted by atomic mass is 10.1. The Morgan fingerprint density at radius 2 is 2.27 bits per heavy atom. The maximum Gasteiger partial charge on any atom is 0.220 e. The quantitative estimate of drug-likeness (QED) is 0.789. The van der Waals surface area contributed by atoms with E-state index in [0.717, 1.165) is 15.8 Å². The van der Waals surface area contributed by atoms with Crippen LogP contribution in [-0.4, -0.2) is 24.7 Å². The molecule has 118 valence electrons. The summed E-state index contributed by atoms with van der Waals surface area (Å²) < 4.78 is 11.1. The van der Waals surface area contributed by atoms with Crippen molar-refractivity contribution in [2.24, 2.45) is 0 Å². The molecule has 0 saturated heterocycles. The van der Waals surface area contributed by atoms with E-state index in [1.54, 1.807) is 19.2 Å². The Kier molecular flexibility index (Phi) is 6.03. The van der Waals surface area contributed by atoms with E-state index >= 15 is 0 Å². The SMILES string of the molecule is COc1ccc(CCC(=O)NCC(O)c2ccco2)cc1Br. The second-order valence-electron chi connectivity index (χ2n) is 4.80. The van der Waals surface area contributed by atoms with Crippen molar-refractivity contribution in [2.75, 3.05) is 13.7 Å². The second-order valence-corrected chi connectivity index (χ2v) is 5.66. The van der Waals surface area contributed by atoms with E-state index in [4.69, 9.17) is 9.15 Å². The molecule has 0 saturated carbocycles. The van der Waals surface area contributed by atoms with Crippen molar-refractivity contribution in [1.82, 2.24) is 5.32 Å². The third-order valence-electron chi connectivity index (χ3n) is 3.22. The number of aryl methyl sites for hydroxylation is 1. The summed E-state index contributed by atoms with van der Waals surface area (Å²) in [6.45, 7) is 0.138. The van der Waals surface area contributed by atoms with Gasteiger partial charge in [-0.3, -0.25) is 4.79 Å². The fourth-order valence-electron chi connectivity index (χ4n) is 2.00. The number of aliphatic hydroxyl groups is 1. The summed E-state index contributed by atoms with van der Waals surface area (Å²) >= 11 is 3.42. The van der Waals surface area contributed by atoms with Gasteiger partial charge in [-0.05, 0) is 52.2 Å². The lowest BCUT2D eigenvalue weighted by molar-refractivity contribution is -0.121. The molecule has 0 aliphatic rings.